The molecule has 0 radical (unpaired) electrons. The van der Waals surface area contributed by atoms with Crippen LogP contribution in [0.5, 0.6) is 5.95 Å². The fourth-order valence-electron chi connectivity index (χ4n) is 3.29. The molecule has 4 heteroatoms. The molecule has 0 spiro atoms. The van der Waals surface area contributed by atoms with Crippen molar-refractivity contribution in [3.8, 4) is 5.95 Å². The Kier molecular flexibility index (Phi) is 4.41. The van der Waals surface area contributed by atoms with Crippen LogP contribution in [0.25, 0.3) is 0 Å². The first-order valence-electron chi connectivity index (χ1n) is 6.37. The van der Waals surface area contributed by atoms with Gasteiger partial charge in [-0.25, -0.2) is 4.98 Å². The van der Waals surface area contributed by atoms with Gasteiger partial charge >= 0.3 is 5.95 Å². The second-order valence-electron chi connectivity index (χ2n) is 5.59. The van der Waals surface area contributed by atoms with Crippen molar-refractivity contribution in [3.63, 3.8) is 0 Å². The minimum Gasteiger partial charge on any atom is -0.467 e. The van der Waals surface area contributed by atoms with Crippen LogP contribution in [0.2, 0.25) is 16.6 Å². The van der Waals surface area contributed by atoms with Crippen molar-refractivity contribution in [1.29, 1.82) is 0 Å². The molecule has 0 atom stereocenters. The van der Waals surface area contributed by atoms with Crippen molar-refractivity contribution in [3.05, 3.63) is 6.20 Å². The van der Waals surface area contributed by atoms with Crippen LogP contribution in [0, 0.1) is 0 Å². The minimum absolute atomic E-state index is 0.527. The molecule has 0 unspecified atom stereocenters. The number of methoxy groups -OCH3 is 1. The first-order valence-corrected chi connectivity index (χ1v) is 8.60. The smallest absolute Gasteiger partial charge is 0.304 e. The Bertz CT molecular complexity index is 336. The molecule has 0 aliphatic heterocycles. The second kappa shape index (κ2) is 5.25. The third-order valence-corrected chi connectivity index (χ3v) is 10.6. The Labute approximate surface area is 106 Å². The Morgan fingerprint density at radius 2 is 1.53 bits per heavy atom. The molecule has 0 N–H and O–H groups in total. The lowest BCUT2D eigenvalue weighted by Crippen LogP contribution is -2.56. The van der Waals surface area contributed by atoms with E-state index in [2.05, 4.69) is 46.5 Å². The largest absolute Gasteiger partial charge is 0.467 e. The number of aromatic nitrogens is 1. The van der Waals surface area contributed by atoms with Crippen molar-refractivity contribution in [2.45, 2.75) is 58.2 Å². The summed E-state index contributed by atoms with van der Waals surface area (Å²) >= 11 is 0. The maximum Gasteiger partial charge on any atom is 0.304 e. The molecule has 0 aliphatic rings. The topological polar surface area (TPSA) is 35.3 Å². The standard InChI is InChI=1S/C13H25NO2Si/c1-9(2)17(10(3)4,11(5)6)13-14-8-12(15-7)16-13/h8-11H,1-7H3. The van der Waals surface area contributed by atoms with Crippen LogP contribution in [0.4, 0.5) is 0 Å². The first-order chi connectivity index (χ1) is 7.87. The number of rotatable bonds is 5. The van der Waals surface area contributed by atoms with Crippen LogP contribution in [0.1, 0.15) is 41.5 Å². The number of hydrogen-bond donors (Lipinski definition) is 0. The monoisotopic (exact) mass is 255 g/mol. The molecular weight excluding hydrogens is 230 g/mol. The highest BCUT2D eigenvalue weighted by atomic mass is 28.3. The first kappa shape index (κ1) is 14.3. The highest BCUT2D eigenvalue weighted by Gasteiger charge is 2.49. The summed E-state index contributed by atoms with van der Waals surface area (Å²) in [5, 5.41) is 0. The van der Waals surface area contributed by atoms with Gasteiger partial charge in [0.25, 0.3) is 0 Å². The predicted molar refractivity (Wildman–Crippen MR) is 73.7 cm³/mol. The minimum atomic E-state index is -1.76. The van der Waals surface area contributed by atoms with Gasteiger partial charge in [0, 0.05) is 0 Å². The van der Waals surface area contributed by atoms with Crippen LogP contribution in [0.3, 0.4) is 0 Å². The molecule has 0 aromatic carbocycles. The molecule has 17 heavy (non-hydrogen) atoms. The van der Waals surface area contributed by atoms with Crippen molar-refractivity contribution in [2.75, 3.05) is 7.11 Å². The van der Waals surface area contributed by atoms with Gasteiger partial charge in [0.2, 0.25) is 0 Å². The Morgan fingerprint density at radius 3 is 1.82 bits per heavy atom. The zero-order valence-electron chi connectivity index (χ0n) is 12.1. The number of hydrogen-bond acceptors (Lipinski definition) is 3. The van der Waals surface area contributed by atoms with Crippen LogP contribution < -0.4 is 10.3 Å². The van der Waals surface area contributed by atoms with Crippen LogP contribution in [-0.4, -0.2) is 20.2 Å². The maximum atomic E-state index is 5.81. The molecule has 1 heterocycles. The molecule has 1 rings (SSSR count). The van der Waals surface area contributed by atoms with Gasteiger partial charge in [0.15, 0.2) is 13.6 Å². The molecule has 0 fully saturated rings. The molecule has 3 nitrogen and oxygen atoms in total. The molecule has 98 valence electrons. The molecule has 0 aliphatic carbocycles. The summed E-state index contributed by atoms with van der Waals surface area (Å²) < 4.78 is 10.9. The molecule has 0 amide bonds. The lowest BCUT2D eigenvalue weighted by molar-refractivity contribution is 0.311. The van der Waals surface area contributed by atoms with Gasteiger partial charge < -0.3 is 9.15 Å². The van der Waals surface area contributed by atoms with E-state index in [1.807, 2.05) is 0 Å². The lowest BCUT2D eigenvalue weighted by Gasteiger charge is -2.39. The molecule has 0 bridgehead atoms. The highest BCUT2D eigenvalue weighted by Crippen LogP contribution is 2.41. The van der Waals surface area contributed by atoms with Gasteiger partial charge in [-0.2, -0.15) is 0 Å². The van der Waals surface area contributed by atoms with E-state index in [1.54, 1.807) is 13.3 Å². The van der Waals surface area contributed by atoms with Gasteiger partial charge in [-0.1, -0.05) is 41.5 Å². The van der Waals surface area contributed by atoms with E-state index in [4.69, 9.17) is 9.15 Å². The summed E-state index contributed by atoms with van der Waals surface area (Å²) in [5.74, 6) is 0.527. The zero-order chi connectivity index (χ0) is 13.2. The molecule has 0 saturated carbocycles. The van der Waals surface area contributed by atoms with Crippen LogP contribution in [-0.2, 0) is 0 Å². The van der Waals surface area contributed by atoms with Gasteiger partial charge in [0.1, 0.15) is 6.20 Å². The Morgan fingerprint density at radius 1 is 1.06 bits per heavy atom. The average Bonchev–Trinajstić information content (AvgIpc) is 2.65. The summed E-state index contributed by atoms with van der Waals surface area (Å²) in [5.41, 5.74) is 2.75. The second-order valence-corrected chi connectivity index (χ2v) is 11.3. The third-order valence-electron chi connectivity index (χ3n) is 3.92. The molecular formula is C13H25NO2Si. The van der Waals surface area contributed by atoms with E-state index >= 15 is 0 Å². The summed E-state index contributed by atoms with van der Waals surface area (Å²) in [6.45, 7) is 13.8. The van der Waals surface area contributed by atoms with Crippen molar-refractivity contribution in [1.82, 2.24) is 4.98 Å². The Balaban J connectivity index is 3.30. The fraction of sp³-hybridized carbons (Fsp3) is 0.769. The number of oxazole rings is 1. The summed E-state index contributed by atoms with van der Waals surface area (Å²) in [7, 11) is -0.138. The number of nitrogens with zero attached hydrogens (tertiary/aromatic N) is 1. The lowest BCUT2D eigenvalue weighted by atomic mass is 10.5. The molecule has 1 aromatic rings. The highest BCUT2D eigenvalue weighted by molar-refractivity contribution is 6.93. The average molecular weight is 255 g/mol. The fourth-order valence-corrected chi connectivity index (χ4v) is 9.34. The quantitative estimate of drug-likeness (QED) is 0.755. The summed E-state index contributed by atoms with van der Waals surface area (Å²) in [4.78, 5) is 4.49. The predicted octanol–water partition coefficient (Wildman–Crippen LogP) is 3.57. The maximum absolute atomic E-state index is 5.81. The van der Waals surface area contributed by atoms with Gasteiger partial charge in [-0.3, -0.25) is 0 Å². The van der Waals surface area contributed by atoms with Crippen molar-refractivity contribution < 1.29 is 9.15 Å². The van der Waals surface area contributed by atoms with E-state index in [9.17, 15) is 0 Å². The normalized spacial score (nSPS) is 12.8. The molecule has 0 saturated heterocycles. The number of ether oxygens (including phenoxy) is 1. The third kappa shape index (κ3) is 2.27. The van der Waals surface area contributed by atoms with Gasteiger partial charge in [-0.15, -0.1) is 0 Å². The SMILES string of the molecule is COc1cnc([Si](C(C)C)(C(C)C)C(C)C)o1. The summed E-state index contributed by atoms with van der Waals surface area (Å²) in [6.07, 6.45) is 1.70. The van der Waals surface area contributed by atoms with Crippen LogP contribution >= 0.6 is 0 Å². The van der Waals surface area contributed by atoms with Crippen molar-refractivity contribution in [2.24, 2.45) is 0 Å². The molecule has 1 aromatic heterocycles. The van der Waals surface area contributed by atoms with E-state index in [1.165, 1.54) is 0 Å². The van der Waals surface area contributed by atoms with E-state index < -0.39 is 8.07 Å². The van der Waals surface area contributed by atoms with Crippen LogP contribution in [0.15, 0.2) is 10.6 Å². The van der Waals surface area contributed by atoms with E-state index in [0.29, 0.717) is 22.6 Å². The zero-order valence-corrected chi connectivity index (χ0v) is 13.1. The van der Waals surface area contributed by atoms with Gasteiger partial charge in [0.05, 0.1) is 7.11 Å². The van der Waals surface area contributed by atoms with E-state index in [0.717, 1.165) is 5.51 Å². The van der Waals surface area contributed by atoms with E-state index in [-0.39, 0.29) is 0 Å². The summed E-state index contributed by atoms with van der Waals surface area (Å²) in [6, 6.07) is 0. The van der Waals surface area contributed by atoms with Crippen molar-refractivity contribution >= 4 is 13.6 Å². The Hall–Kier alpha value is -0.773. The van der Waals surface area contributed by atoms with Gasteiger partial charge in [-0.05, 0) is 16.6 Å².